The molecule has 30 heavy (non-hydrogen) atoms. The van der Waals surface area contributed by atoms with Gasteiger partial charge in [0.2, 0.25) is 5.91 Å². The average molecular weight is 421 g/mol. The van der Waals surface area contributed by atoms with Gasteiger partial charge in [0.15, 0.2) is 11.6 Å². The molecule has 0 fully saturated rings. The van der Waals surface area contributed by atoms with Crippen LogP contribution in [0.3, 0.4) is 0 Å². The molecule has 0 saturated heterocycles. The fourth-order valence-corrected chi connectivity index (χ4v) is 4.22. The molecule has 1 atom stereocenters. The molecule has 1 amide bonds. The van der Waals surface area contributed by atoms with E-state index in [2.05, 4.69) is 9.97 Å². The van der Waals surface area contributed by atoms with Gasteiger partial charge in [0.1, 0.15) is 10.8 Å². The van der Waals surface area contributed by atoms with Gasteiger partial charge in [-0.25, -0.2) is 14.4 Å². The van der Waals surface area contributed by atoms with Crippen LogP contribution in [0.15, 0.2) is 76.4 Å². The Bertz CT molecular complexity index is 1180. The monoisotopic (exact) mass is 421 g/mol. The average Bonchev–Trinajstić information content (AvgIpc) is 3.28. The summed E-state index contributed by atoms with van der Waals surface area (Å²) in [6, 6.07) is 17.6. The molecule has 2 aromatic carbocycles. The van der Waals surface area contributed by atoms with E-state index < -0.39 is 0 Å². The lowest BCUT2D eigenvalue weighted by molar-refractivity contribution is -0.129. The van der Waals surface area contributed by atoms with E-state index in [9.17, 15) is 9.18 Å². The van der Waals surface area contributed by atoms with Crippen LogP contribution in [0.4, 0.5) is 4.39 Å². The number of hydrogen-bond donors (Lipinski definition) is 0. The van der Waals surface area contributed by atoms with Crippen LogP contribution < -0.4 is 0 Å². The largest absolute Gasteiger partial charge is 0.461 e. The van der Waals surface area contributed by atoms with Gasteiger partial charge in [-0.1, -0.05) is 42.1 Å². The lowest BCUT2D eigenvalue weighted by Crippen LogP contribution is -2.32. The summed E-state index contributed by atoms with van der Waals surface area (Å²) in [7, 11) is 1.72. The van der Waals surface area contributed by atoms with Crippen LogP contribution in [0.25, 0.3) is 22.5 Å². The Morgan fingerprint density at radius 1 is 1.13 bits per heavy atom. The molecule has 0 aliphatic heterocycles. The van der Waals surface area contributed by atoms with Gasteiger partial charge in [-0.3, -0.25) is 4.79 Å². The summed E-state index contributed by atoms with van der Waals surface area (Å²) in [4.78, 5) is 23.8. The van der Waals surface area contributed by atoms with Crippen molar-refractivity contribution in [3.05, 3.63) is 78.3 Å². The molecular weight excluding hydrogens is 401 g/mol. The number of carbonyl (C=O) groups excluding carboxylic acids is 1. The molecule has 0 spiro atoms. The van der Waals surface area contributed by atoms with E-state index in [1.165, 1.54) is 23.9 Å². The summed E-state index contributed by atoms with van der Waals surface area (Å²) in [6.07, 6.45) is 1.58. The van der Waals surface area contributed by atoms with Crippen molar-refractivity contribution in [2.45, 2.75) is 23.7 Å². The Kier molecular flexibility index (Phi) is 5.81. The number of hydrogen-bond acceptors (Lipinski definition) is 5. The first-order valence-corrected chi connectivity index (χ1v) is 10.4. The second-order valence-electron chi connectivity index (χ2n) is 6.93. The Balaban J connectivity index is 1.57. The number of nitrogens with zero attached hydrogens (tertiary/aromatic N) is 3. The number of benzene rings is 2. The molecule has 0 saturated carbocycles. The van der Waals surface area contributed by atoms with Crippen LogP contribution in [0.5, 0.6) is 0 Å². The standard InChI is InChI=1S/C23H20FN3O2S/c1-15(23(28)27(2)14-16-7-5-8-17(24)13-16)30-22-18-9-3-4-10-19(18)25-21(26-22)20-11-6-12-29-20/h3-13,15H,14H2,1-2H3. The van der Waals surface area contributed by atoms with Crippen molar-refractivity contribution >= 4 is 28.6 Å². The van der Waals surface area contributed by atoms with Gasteiger partial charge in [-0.2, -0.15) is 0 Å². The predicted molar refractivity (Wildman–Crippen MR) is 115 cm³/mol. The van der Waals surface area contributed by atoms with E-state index in [0.29, 0.717) is 23.2 Å². The van der Waals surface area contributed by atoms with Gasteiger partial charge < -0.3 is 9.32 Å². The Morgan fingerprint density at radius 2 is 1.97 bits per heavy atom. The van der Waals surface area contributed by atoms with E-state index in [-0.39, 0.29) is 17.0 Å². The summed E-state index contributed by atoms with van der Waals surface area (Å²) in [5.41, 5.74) is 1.53. The molecule has 7 heteroatoms. The highest BCUT2D eigenvalue weighted by Crippen LogP contribution is 2.31. The van der Waals surface area contributed by atoms with Crippen molar-refractivity contribution in [2.24, 2.45) is 0 Å². The third-order valence-corrected chi connectivity index (χ3v) is 5.72. The first-order valence-electron chi connectivity index (χ1n) is 9.48. The van der Waals surface area contributed by atoms with Crippen molar-refractivity contribution in [3.8, 4) is 11.6 Å². The zero-order valence-corrected chi connectivity index (χ0v) is 17.4. The molecular formula is C23H20FN3O2S. The zero-order chi connectivity index (χ0) is 21.1. The third kappa shape index (κ3) is 4.36. The smallest absolute Gasteiger partial charge is 0.235 e. The minimum atomic E-state index is -0.383. The number of aromatic nitrogens is 2. The lowest BCUT2D eigenvalue weighted by Gasteiger charge is -2.21. The molecule has 0 N–H and O–H groups in total. The van der Waals surface area contributed by atoms with E-state index in [0.717, 1.165) is 16.5 Å². The van der Waals surface area contributed by atoms with Gasteiger partial charge in [0.25, 0.3) is 0 Å². The van der Waals surface area contributed by atoms with E-state index in [1.54, 1.807) is 42.5 Å². The fourth-order valence-electron chi connectivity index (χ4n) is 3.17. The number of para-hydroxylation sites is 1. The lowest BCUT2D eigenvalue weighted by atomic mass is 10.2. The first-order chi connectivity index (χ1) is 14.5. The Labute approximate surface area is 177 Å². The molecule has 0 aliphatic rings. The quantitative estimate of drug-likeness (QED) is 0.318. The summed E-state index contributed by atoms with van der Waals surface area (Å²) in [5.74, 6) is 0.680. The van der Waals surface area contributed by atoms with Crippen molar-refractivity contribution in [2.75, 3.05) is 7.05 Å². The minimum Gasteiger partial charge on any atom is -0.461 e. The molecule has 2 aromatic heterocycles. The maximum atomic E-state index is 13.4. The molecule has 4 aromatic rings. The summed E-state index contributed by atoms with van der Waals surface area (Å²) in [5, 5.41) is 1.21. The number of fused-ring (bicyclic) bond motifs is 1. The van der Waals surface area contributed by atoms with Gasteiger partial charge in [-0.05, 0) is 42.8 Å². The third-order valence-electron chi connectivity index (χ3n) is 4.63. The highest BCUT2D eigenvalue weighted by molar-refractivity contribution is 8.00. The van der Waals surface area contributed by atoms with Crippen molar-refractivity contribution in [1.82, 2.24) is 14.9 Å². The van der Waals surface area contributed by atoms with E-state index in [4.69, 9.17) is 4.42 Å². The van der Waals surface area contributed by atoms with Crippen LogP contribution in [0.1, 0.15) is 12.5 Å². The first kappa shape index (κ1) is 20.1. The van der Waals surface area contributed by atoms with Crippen molar-refractivity contribution in [1.29, 1.82) is 0 Å². The van der Waals surface area contributed by atoms with Gasteiger partial charge in [0.05, 0.1) is 17.0 Å². The molecule has 0 bridgehead atoms. The second-order valence-corrected chi connectivity index (χ2v) is 8.26. The van der Waals surface area contributed by atoms with E-state index >= 15 is 0 Å². The Morgan fingerprint density at radius 3 is 2.73 bits per heavy atom. The predicted octanol–water partition coefficient (Wildman–Crippen LogP) is 5.17. The van der Waals surface area contributed by atoms with Crippen molar-refractivity contribution < 1.29 is 13.6 Å². The highest BCUT2D eigenvalue weighted by atomic mass is 32.2. The van der Waals surface area contributed by atoms with Crippen LogP contribution in [0.2, 0.25) is 0 Å². The van der Waals surface area contributed by atoms with Crippen LogP contribution >= 0.6 is 11.8 Å². The topological polar surface area (TPSA) is 59.2 Å². The highest BCUT2D eigenvalue weighted by Gasteiger charge is 2.22. The summed E-state index contributed by atoms with van der Waals surface area (Å²) < 4.78 is 18.9. The second kappa shape index (κ2) is 8.67. The maximum absolute atomic E-state index is 13.4. The number of carbonyl (C=O) groups is 1. The molecule has 0 aliphatic carbocycles. The maximum Gasteiger partial charge on any atom is 0.235 e. The normalized spacial score (nSPS) is 12.1. The minimum absolute atomic E-state index is 0.0634. The number of thioether (sulfide) groups is 1. The summed E-state index contributed by atoms with van der Waals surface area (Å²) in [6.45, 7) is 2.18. The van der Waals surface area contributed by atoms with E-state index in [1.807, 2.05) is 31.2 Å². The molecule has 5 nitrogen and oxygen atoms in total. The summed E-state index contributed by atoms with van der Waals surface area (Å²) >= 11 is 1.38. The van der Waals surface area contributed by atoms with Gasteiger partial charge in [0, 0.05) is 19.0 Å². The number of amides is 1. The SMILES string of the molecule is CC(Sc1nc(-c2ccco2)nc2ccccc12)C(=O)N(C)Cc1cccc(F)c1. The van der Waals surface area contributed by atoms with Gasteiger partial charge in [-0.15, -0.1) is 0 Å². The van der Waals surface area contributed by atoms with Crippen LogP contribution in [0, 0.1) is 5.82 Å². The molecule has 152 valence electrons. The van der Waals surface area contributed by atoms with Crippen molar-refractivity contribution in [3.63, 3.8) is 0 Å². The molecule has 1 unspecified atom stereocenters. The molecule has 0 radical (unpaired) electrons. The van der Waals surface area contributed by atoms with Crippen LogP contribution in [-0.2, 0) is 11.3 Å². The number of rotatable bonds is 6. The molecule has 4 rings (SSSR count). The molecule has 2 heterocycles. The van der Waals surface area contributed by atoms with Crippen LogP contribution in [-0.4, -0.2) is 33.1 Å². The zero-order valence-electron chi connectivity index (χ0n) is 16.6. The fraction of sp³-hybridized carbons (Fsp3) is 0.174. The van der Waals surface area contributed by atoms with Gasteiger partial charge >= 0.3 is 0 Å². The number of furan rings is 1. The Hall–Kier alpha value is -3.19. The number of halogens is 1.